The van der Waals surface area contributed by atoms with Crippen molar-refractivity contribution >= 4 is 5.97 Å². The molecule has 0 saturated carbocycles. The number of fused-ring (bicyclic) bond motifs is 1. The van der Waals surface area contributed by atoms with Gasteiger partial charge in [0.15, 0.2) is 0 Å². The summed E-state index contributed by atoms with van der Waals surface area (Å²) in [6.45, 7) is 0. The zero-order chi connectivity index (χ0) is 14.8. The van der Waals surface area contributed by atoms with Crippen molar-refractivity contribution in [1.29, 1.82) is 0 Å². The highest BCUT2D eigenvalue weighted by Gasteiger charge is 2.25. The topological polar surface area (TPSA) is 63.1 Å². The number of carboxylic acids is 1. The van der Waals surface area contributed by atoms with Gasteiger partial charge in [0.25, 0.3) is 0 Å². The molecule has 0 aliphatic heterocycles. The van der Waals surface area contributed by atoms with Crippen molar-refractivity contribution in [2.45, 2.75) is 25.7 Å². The van der Waals surface area contributed by atoms with Crippen molar-refractivity contribution in [3.05, 3.63) is 58.9 Å². The number of carboxylic acid groups (broad SMARTS) is 1. The Hall–Kier alpha value is -2.30. The number of nitrogens with zero attached hydrogens (tertiary/aromatic N) is 2. The van der Waals surface area contributed by atoms with Crippen LogP contribution < -0.4 is 0 Å². The molecule has 3 rings (SSSR count). The Labute approximate surface area is 121 Å². The van der Waals surface area contributed by atoms with Gasteiger partial charge in [-0.15, -0.1) is 0 Å². The van der Waals surface area contributed by atoms with E-state index in [1.807, 2.05) is 0 Å². The molecule has 1 atom stereocenters. The summed E-state index contributed by atoms with van der Waals surface area (Å²) < 4.78 is 12.9. The fraction of sp³-hybridized carbons (Fsp3) is 0.312. The first-order chi connectivity index (χ1) is 10.1. The zero-order valence-electron chi connectivity index (χ0n) is 11.4. The van der Waals surface area contributed by atoms with E-state index in [1.165, 1.54) is 12.1 Å². The van der Waals surface area contributed by atoms with Gasteiger partial charge in [0.05, 0.1) is 5.92 Å². The third kappa shape index (κ3) is 3.07. The maximum atomic E-state index is 12.9. The minimum atomic E-state index is -0.754. The van der Waals surface area contributed by atoms with Crippen molar-refractivity contribution < 1.29 is 14.3 Å². The molecule has 108 valence electrons. The summed E-state index contributed by atoms with van der Waals surface area (Å²) in [5.41, 5.74) is 2.83. The molecule has 1 unspecified atom stereocenters. The highest BCUT2D eigenvalue weighted by Crippen LogP contribution is 2.24. The van der Waals surface area contributed by atoms with Crippen LogP contribution in [0, 0.1) is 11.7 Å². The maximum Gasteiger partial charge on any atom is 0.306 e. The van der Waals surface area contributed by atoms with Crippen molar-refractivity contribution in [1.82, 2.24) is 9.97 Å². The molecule has 0 radical (unpaired) electrons. The molecule has 2 aromatic rings. The number of hydrogen-bond acceptors (Lipinski definition) is 3. The lowest BCUT2D eigenvalue weighted by molar-refractivity contribution is -0.142. The van der Waals surface area contributed by atoms with Crippen LogP contribution in [-0.4, -0.2) is 21.0 Å². The number of carbonyl (C=O) groups is 1. The second-order valence-electron chi connectivity index (χ2n) is 5.34. The van der Waals surface area contributed by atoms with Crippen LogP contribution in [0.4, 0.5) is 4.39 Å². The van der Waals surface area contributed by atoms with Crippen LogP contribution in [0.25, 0.3) is 0 Å². The summed E-state index contributed by atoms with van der Waals surface area (Å²) in [4.78, 5) is 19.9. The summed E-state index contributed by atoms with van der Waals surface area (Å²) in [5.74, 6) is -0.654. The third-order valence-corrected chi connectivity index (χ3v) is 3.82. The SMILES string of the molecule is O=C(O)C1CCc2nc(Cc3ccc(F)cc3)ncc2C1. The number of aromatic nitrogens is 2. The number of halogens is 1. The molecule has 0 fully saturated rings. The van der Waals surface area contributed by atoms with Gasteiger partial charge in [0.1, 0.15) is 11.6 Å². The highest BCUT2D eigenvalue weighted by atomic mass is 19.1. The Balaban J connectivity index is 1.77. The Morgan fingerprint density at radius 1 is 1.33 bits per heavy atom. The molecular formula is C16H15FN2O2. The fourth-order valence-electron chi connectivity index (χ4n) is 2.63. The van der Waals surface area contributed by atoms with Crippen LogP contribution >= 0.6 is 0 Å². The normalized spacial score (nSPS) is 17.3. The molecule has 21 heavy (non-hydrogen) atoms. The summed E-state index contributed by atoms with van der Waals surface area (Å²) in [6.07, 6.45) is 4.08. The number of aryl methyl sites for hydroxylation is 1. The molecule has 1 N–H and O–H groups in total. The summed E-state index contributed by atoms with van der Waals surface area (Å²) in [7, 11) is 0. The highest BCUT2D eigenvalue weighted by molar-refractivity contribution is 5.70. The van der Waals surface area contributed by atoms with E-state index in [0.717, 1.165) is 16.8 Å². The molecule has 1 aliphatic rings. The minimum absolute atomic E-state index is 0.259. The first-order valence-corrected chi connectivity index (χ1v) is 6.93. The van der Waals surface area contributed by atoms with Gasteiger partial charge in [0, 0.05) is 18.3 Å². The molecule has 0 saturated heterocycles. The molecule has 1 aromatic heterocycles. The van der Waals surface area contributed by atoms with E-state index in [0.29, 0.717) is 31.5 Å². The van der Waals surface area contributed by atoms with Gasteiger partial charge in [-0.1, -0.05) is 12.1 Å². The molecule has 1 aliphatic carbocycles. The second-order valence-corrected chi connectivity index (χ2v) is 5.34. The molecular weight excluding hydrogens is 271 g/mol. The predicted octanol–water partition coefficient (Wildman–Crippen LogP) is 2.40. The van der Waals surface area contributed by atoms with Gasteiger partial charge >= 0.3 is 5.97 Å². The summed E-state index contributed by atoms with van der Waals surface area (Å²) in [6, 6.07) is 6.29. The van der Waals surface area contributed by atoms with E-state index in [9.17, 15) is 9.18 Å². The Kier molecular flexibility index (Phi) is 3.64. The molecule has 4 nitrogen and oxygen atoms in total. The largest absolute Gasteiger partial charge is 0.481 e. The minimum Gasteiger partial charge on any atom is -0.481 e. The number of rotatable bonds is 3. The maximum absolute atomic E-state index is 12.9. The monoisotopic (exact) mass is 286 g/mol. The summed E-state index contributed by atoms with van der Waals surface area (Å²) >= 11 is 0. The predicted molar refractivity (Wildman–Crippen MR) is 74.4 cm³/mol. The van der Waals surface area contributed by atoms with Gasteiger partial charge in [-0.3, -0.25) is 4.79 Å². The summed E-state index contributed by atoms with van der Waals surface area (Å²) in [5, 5.41) is 9.06. The third-order valence-electron chi connectivity index (χ3n) is 3.82. The second kappa shape index (κ2) is 5.60. The average molecular weight is 286 g/mol. The Morgan fingerprint density at radius 3 is 2.81 bits per heavy atom. The van der Waals surface area contributed by atoms with Crippen LogP contribution in [0.5, 0.6) is 0 Å². The lowest BCUT2D eigenvalue weighted by Crippen LogP contribution is -2.23. The quantitative estimate of drug-likeness (QED) is 0.941. The van der Waals surface area contributed by atoms with Gasteiger partial charge in [-0.25, -0.2) is 14.4 Å². The number of aliphatic carboxylic acids is 1. The van der Waals surface area contributed by atoms with Crippen LogP contribution in [0.3, 0.4) is 0 Å². The standard InChI is InChI=1S/C16H15FN2O2/c17-13-4-1-10(2-5-13)7-15-18-9-12-8-11(16(20)21)3-6-14(12)19-15/h1-2,4-5,9,11H,3,6-8H2,(H,20,21). The molecule has 1 aromatic carbocycles. The zero-order valence-corrected chi connectivity index (χ0v) is 11.4. The Bertz CT molecular complexity index is 670. The van der Waals surface area contributed by atoms with E-state index in [2.05, 4.69) is 9.97 Å². The molecule has 1 heterocycles. The molecule has 0 amide bonds. The van der Waals surface area contributed by atoms with Crippen LogP contribution in [0.1, 0.15) is 29.1 Å². The number of benzene rings is 1. The number of hydrogen-bond donors (Lipinski definition) is 1. The van der Waals surface area contributed by atoms with E-state index in [-0.39, 0.29) is 11.7 Å². The van der Waals surface area contributed by atoms with Crippen molar-refractivity contribution in [2.24, 2.45) is 5.92 Å². The van der Waals surface area contributed by atoms with E-state index >= 15 is 0 Å². The van der Waals surface area contributed by atoms with Crippen LogP contribution in [-0.2, 0) is 24.1 Å². The van der Waals surface area contributed by atoms with Gasteiger partial charge in [0.2, 0.25) is 0 Å². The van der Waals surface area contributed by atoms with Crippen molar-refractivity contribution in [2.75, 3.05) is 0 Å². The molecule has 5 heteroatoms. The lowest BCUT2D eigenvalue weighted by Gasteiger charge is -2.20. The molecule has 0 spiro atoms. The Morgan fingerprint density at radius 2 is 2.10 bits per heavy atom. The fourth-order valence-corrected chi connectivity index (χ4v) is 2.63. The van der Waals surface area contributed by atoms with Crippen LogP contribution in [0.2, 0.25) is 0 Å². The van der Waals surface area contributed by atoms with E-state index in [4.69, 9.17) is 5.11 Å². The van der Waals surface area contributed by atoms with Gasteiger partial charge in [-0.2, -0.15) is 0 Å². The van der Waals surface area contributed by atoms with Crippen LogP contribution in [0.15, 0.2) is 30.5 Å². The average Bonchev–Trinajstić information content (AvgIpc) is 2.49. The van der Waals surface area contributed by atoms with Crippen molar-refractivity contribution in [3.63, 3.8) is 0 Å². The van der Waals surface area contributed by atoms with Gasteiger partial charge < -0.3 is 5.11 Å². The smallest absolute Gasteiger partial charge is 0.306 e. The van der Waals surface area contributed by atoms with Crippen molar-refractivity contribution in [3.8, 4) is 0 Å². The van der Waals surface area contributed by atoms with Gasteiger partial charge in [-0.05, 0) is 42.5 Å². The van der Waals surface area contributed by atoms with E-state index < -0.39 is 5.97 Å². The lowest BCUT2D eigenvalue weighted by atomic mass is 9.87. The first kappa shape index (κ1) is 13.7. The van der Waals surface area contributed by atoms with E-state index in [1.54, 1.807) is 18.3 Å². The molecule has 0 bridgehead atoms. The first-order valence-electron chi connectivity index (χ1n) is 6.93.